The highest BCUT2D eigenvalue weighted by Gasteiger charge is 2.38. The van der Waals surface area contributed by atoms with Crippen LogP contribution in [-0.2, 0) is 4.79 Å². The molecule has 0 aromatic carbocycles. The van der Waals surface area contributed by atoms with E-state index in [0.717, 1.165) is 0 Å². The lowest BCUT2D eigenvalue weighted by Crippen LogP contribution is -2.63. The second kappa shape index (κ2) is 6.75. The van der Waals surface area contributed by atoms with E-state index in [1.165, 1.54) is 6.92 Å². The monoisotopic (exact) mass is 284 g/mol. The molecule has 1 amide bonds. The van der Waals surface area contributed by atoms with Gasteiger partial charge in [0.15, 0.2) is 0 Å². The number of alkyl halides is 2. The topological polar surface area (TPSA) is 79.2 Å². The zero-order valence-electron chi connectivity index (χ0n) is 10.7. The minimum absolute atomic E-state index is 0.433. The van der Waals surface area contributed by atoms with Crippen molar-refractivity contribution in [1.29, 1.82) is 0 Å². The largest absolute Gasteiger partial charge is 0.368 e. The van der Waals surface area contributed by atoms with E-state index in [-0.39, 0.29) is 0 Å². The second-order valence-corrected chi connectivity index (χ2v) is 5.41. The molecule has 7 heteroatoms. The lowest BCUT2D eigenvalue weighted by Gasteiger charge is -2.35. The van der Waals surface area contributed by atoms with E-state index in [1.807, 2.05) is 21.1 Å². The predicted molar refractivity (Wildman–Crippen MR) is 72.2 cm³/mol. The standard InChI is InChI=1S/C10H22Cl2N4O/c1-9(12,8(13)17)7(11)5-6-10(14-2,15-3)16-4/h7,14-16H,5-6H2,1-4H3,(H2,13,17). The Labute approximate surface area is 113 Å². The molecule has 0 spiro atoms. The first-order valence-electron chi connectivity index (χ1n) is 5.45. The van der Waals surface area contributed by atoms with Crippen LogP contribution in [-0.4, -0.2) is 43.1 Å². The first-order chi connectivity index (χ1) is 7.75. The molecule has 2 atom stereocenters. The van der Waals surface area contributed by atoms with Crippen molar-refractivity contribution in [3.05, 3.63) is 0 Å². The van der Waals surface area contributed by atoms with E-state index in [9.17, 15) is 4.79 Å². The van der Waals surface area contributed by atoms with Crippen molar-refractivity contribution in [2.45, 2.75) is 35.8 Å². The van der Waals surface area contributed by atoms with Crippen molar-refractivity contribution in [2.75, 3.05) is 21.1 Å². The fourth-order valence-corrected chi connectivity index (χ4v) is 1.84. The molecule has 102 valence electrons. The number of carbonyl (C=O) groups is 1. The van der Waals surface area contributed by atoms with Crippen molar-refractivity contribution in [1.82, 2.24) is 16.0 Å². The van der Waals surface area contributed by atoms with Gasteiger partial charge in [0.05, 0.1) is 5.38 Å². The predicted octanol–water partition coefficient (Wildman–Crippen LogP) is 0.169. The molecule has 0 heterocycles. The fourth-order valence-electron chi connectivity index (χ4n) is 1.52. The molecule has 0 bridgehead atoms. The van der Waals surface area contributed by atoms with E-state index in [4.69, 9.17) is 28.9 Å². The highest BCUT2D eigenvalue weighted by atomic mass is 35.5. The zero-order chi connectivity index (χ0) is 13.7. The molecule has 0 fully saturated rings. The van der Waals surface area contributed by atoms with Gasteiger partial charge in [0.25, 0.3) is 0 Å². The van der Waals surface area contributed by atoms with Crippen LogP contribution in [0.2, 0.25) is 0 Å². The molecule has 0 aliphatic rings. The quantitative estimate of drug-likeness (QED) is 0.379. The van der Waals surface area contributed by atoms with E-state index in [2.05, 4.69) is 16.0 Å². The third-order valence-corrected chi connectivity index (χ3v) is 4.34. The van der Waals surface area contributed by atoms with Crippen LogP contribution in [0.15, 0.2) is 0 Å². The molecule has 0 saturated heterocycles. The molecule has 0 rings (SSSR count). The molecule has 5 nitrogen and oxygen atoms in total. The molecule has 17 heavy (non-hydrogen) atoms. The number of carbonyl (C=O) groups excluding carboxylic acids is 1. The van der Waals surface area contributed by atoms with Gasteiger partial charge in [-0.3, -0.25) is 20.7 Å². The fraction of sp³-hybridized carbons (Fsp3) is 0.900. The number of nitrogens with two attached hydrogens (primary N) is 1. The highest BCUT2D eigenvalue weighted by molar-refractivity contribution is 6.40. The number of primary amides is 1. The van der Waals surface area contributed by atoms with Gasteiger partial charge in [-0.15, -0.1) is 23.2 Å². The van der Waals surface area contributed by atoms with Crippen LogP contribution in [0.3, 0.4) is 0 Å². The first kappa shape index (κ1) is 16.9. The Morgan fingerprint density at radius 1 is 1.29 bits per heavy atom. The van der Waals surface area contributed by atoms with Gasteiger partial charge in [0.1, 0.15) is 10.7 Å². The van der Waals surface area contributed by atoms with Gasteiger partial charge in [-0.2, -0.15) is 0 Å². The average Bonchev–Trinajstić information content (AvgIpc) is 2.31. The van der Waals surface area contributed by atoms with Gasteiger partial charge in [-0.1, -0.05) is 0 Å². The number of hydrogen-bond acceptors (Lipinski definition) is 4. The minimum atomic E-state index is -1.23. The number of hydrogen-bond donors (Lipinski definition) is 4. The summed E-state index contributed by atoms with van der Waals surface area (Å²) in [7, 11) is 5.47. The van der Waals surface area contributed by atoms with E-state index in [0.29, 0.717) is 12.8 Å². The molecule has 0 aliphatic heterocycles. The third kappa shape index (κ3) is 4.26. The normalized spacial score (nSPS) is 17.5. The lowest BCUT2D eigenvalue weighted by atomic mass is 9.99. The number of halogens is 2. The summed E-state index contributed by atoms with van der Waals surface area (Å²) < 4.78 is 0. The van der Waals surface area contributed by atoms with Crippen LogP contribution in [0.4, 0.5) is 0 Å². The van der Waals surface area contributed by atoms with Gasteiger partial charge in [-0.05, 0) is 40.9 Å². The van der Waals surface area contributed by atoms with Crippen molar-refractivity contribution < 1.29 is 4.79 Å². The molecule has 0 radical (unpaired) electrons. The Morgan fingerprint density at radius 2 is 1.71 bits per heavy atom. The summed E-state index contributed by atoms with van der Waals surface area (Å²) in [6.07, 6.45) is 1.19. The minimum Gasteiger partial charge on any atom is -0.368 e. The summed E-state index contributed by atoms with van der Waals surface area (Å²) in [5.41, 5.74) is 5.21. The SMILES string of the molecule is CNC(CCC(Cl)C(C)(Cl)C(N)=O)(NC)NC. The van der Waals surface area contributed by atoms with Crippen LogP contribution >= 0.6 is 23.2 Å². The van der Waals surface area contributed by atoms with Crippen LogP contribution in [0, 0.1) is 0 Å². The number of amides is 1. The number of rotatable bonds is 8. The molecule has 0 aliphatic carbocycles. The Morgan fingerprint density at radius 3 is 2.00 bits per heavy atom. The summed E-state index contributed by atoms with van der Waals surface area (Å²) >= 11 is 12.1. The number of nitrogens with one attached hydrogen (secondary N) is 3. The molecule has 5 N–H and O–H groups in total. The third-order valence-electron chi connectivity index (χ3n) is 3.12. The van der Waals surface area contributed by atoms with Crippen LogP contribution in [0.5, 0.6) is 0 Å². The summed E-state index contributed by atoms with van der Waals surface area (Å²) in [6.45, 7) is 1.54. The van der Waals surface area contributed by atoms with Gasteiger partial charge >= 0.3 is 0 Å². The zero-order valence-corrected chi connectivity index (χ0v) is 12.2. The van der Waals surface area contributed by atoms with Gasteiger partial charge in [0.2, 0.25) is 5.91 Å². The van der Waals surface area contributed by atoms with E-state index >= 15 is 0 Å². The van der Waals surface area contributed by atoms with Crippen molar-refractivity contribution >= 4 is 29.1 Å². The molecular weight excluding hydrogens is 263 g/mol. The first-order valence-corrected chi connectivity index (χ1v) is 6.26. The van der Waals surface area contributed by atoms with Crippen molar-refractivity contribution in [2.24, 2.45) is 5.73 Å². The maximum absolute atomic E-state index is 11.2. The summed E-state index contributed by atoms with van der Waals surface area (Å²) in [4.78, 5) is 9.92. The lowest BCUT2D eigenvalue weighted by molar-refractivity contribution is -0.120. The Hall–Kier alpha value is -0.0700. The van der Waals surface area contributed by atoms with Crippen LogP contribution in [0.25, 0.3) is 0 Å². The summed E-state index contributed by atoms with van der Waals surface area (Å²) in [5.74, 6) is -1.04. The Kier molecular flexibility index (Phi) is 6.73. The van der Waals surface area contributed by atoms with Crippen molar-refractivity contribution in [3.8, 4) is 0 Å². The maximum Gasteiger partial charge on any atom is 0.239 e. The van der Waals surface area contributed by atoms with Gasteiger partial charge in [-0.25, -0.2) is 0 Å². The van der Waals surface area contributed by atoms with Gasteiger partial charge in [0, 0.05) is 0 Å². The van der Waals surface area contributed by atoms with E-state index < -0.39 is 21.9 Å². The highest BCUT2D eigenvalue weighted by Crippen LogP contribution is 2.28. The smallest absolute Gasteiger partial charge is 0.239 e. The second-order valence-electron chi connectivity index (χ2n) is 4.10. The Balaban J connectivity index is 4.51. The molecule has 2 unspecified atom stereocenters. The van der Waals surface area contributed by atoms with Crippen LogP contribution in [0.1, 0.15) is 19.8 Å². The average molecular weight is 285 g/mol. The van der Waals surface area contributed by atoms with Crippen LogP contribution < -0.4 is 21.7 Å². The molecule has 0 saturated carbocycles. The summed E-state index contributed by atoms with van der Waals surface area (Å²) in [5, 5.41) is 8.80. The Bertz CT molecular complexity index is 248. The van der Waals surface area contributed by atoms with Gasteiger partial charge < -0.3 is 5.73 Å². The molecular formula is C10H22Cl2N4O. The molecule has 0 aromatic rings. The van der Waals surface area contributed by atoms with E-state index in [1.54, 1.807) is 0 Å². The maximum atomic E-state index is 11.2. The molecule has 0 aromatic heterocycles. The summed E-state index contributed by atoms with van der Waals surface area (Å²) in [6, 6.07) is 0. The van der Waals surface area contributed by atoms with Crippen molar-refractivity contribution in [3.63, 3.8) is 0 Å².